The minimum absolute atomic E-state index is 0.238. The van der Waals surface area contributed by atoms with Crippen LogP contribution in [0.1, 0.15) is 10.4 Å². The first-order valence-electron chi connectivity index (χ1n) is 6.50. The number of hydrogen-bond donors (Lipinski definition) is 2. The maximum absolute atomic E-state index is 12.4. The summed E-state index contributed by atoms with van der Waals surface area (Å²) in [5.41, 5.74) is 1.97. The maximum atomic E-state index is 12.4. The van der Waals surface area contributed by atoms with Crippen LogP contribution in [0.15, 0.2) is 42.6 Å². The topological polar surface area (TPSA) is 54.1 Å². The van der Waals surface area contributed by atoms with E-state index in [9.17, 15) is 4.79 Å². The molecule has 6 heteroatoms. The molecule has 1 amide bonds. The standard InChI is InChI=1S/C16H12Cl2N2O2/c1-22-10-3-5-15-11(7-10)12(8-19-15)16(21)20-9-2-4-13(17)14(18)6-9/h2-8,19H,1H3,(H,20,21). The van der Waals surface area contributed by atoms with Crippen LogP contribution >= 0.6 is 23.2 Å². The lowest BCUT2D eigenvalue weighted by molar-refractivity contribution is 0.102. The number of anilines is 1. The van der Waals surface area contributed by atoms with Crippen LogP contribution in [0.3, 0.4) is 0 Å². The summed E-state index contributed by atoms with van der Waals surface area (Å²) in [6, 6.07) is 10.5. The number of aromatic amines is 1. The molecule has 0 atom stereocenters. The Morgan fingerprint density at radius 3 is 2.68 bits per heavy atom. The van der Waals surface area contributed by atoms with E-state index >= 15 is 0 Å². The predicted octanol–water partition coefficient (Wildman–Crippen LogP) is 4.74. The third kappa shape index (κ3) is 2.75. The van der Waals surface area contributed by atoms with Gasteiger partial charge in [0, 0.05) is 22.8 Å². The molecule has 0 aliphatic heterocycles. The SMILES string of the molecule is COc1ccc2[nH]cc(C(=O)Nc3ccc(Cl)c(Cl)c3)c2c1. The van der Waals surface area contributed by atoms with Gasteiger partial charge < -0.3 is 15.0 Å². The van der Waals surface area contributed by atoms with E-state index in [-0.39, 0.29) is 5.91 Å². The van der Waals surface area contributed by atoms with Gasteiger partial charge in [0.2, 0.25) is 0 Å². The van der Waals surface area contributed by atoms with E-state index in [1.165, 1.54) is 0 Å². The predicted molar refractivity (Wildman–Crippen MR) is 89.3 cm³/mol. The molecule has 22 heavy (non-hydrogen) atoms. The molecule has 0 saturated heterocycles. The summed E-state index contributed by atoms with van der Waals surface area (Å²) in [5.74, 6) is 0.452. The van der Waals surface area contributed by atoms with Crippen molar-refractivity contribution in [2.75, 3.05) is 12.4 Å². The summed E-state index contributed by atoms with van der Waals surface area (Å²) in [6.45, 7) is 0. The van der Waals surface area contributed by atoms with E-state index in [0.29, 0.717) is 27.0 Å². The molecule has 0 bridgehead atoms. The number of carbonyl (C=O) groups excluding carboxylic acids is 1. The second-order valence-corrected chi connectivity index (χ2v) is 5.51. The number of rotatable bonds is 3. The number of halogens is 2. The third-order valence-electron chi connectivity index (χ3n) is 3.31. The van der Waals surface area contributed by atoms with Gasteiger partial charge in [-0.3, -0.25) is 4.79 Å². The Morgan fingerprint density at radius 2 is 1.95 bits per heavy atom. The number of ether oxygens (including phenoxy) is 1. The van der Waals surface area contributed by atoms with Crippen molar-refractivity contribution in [2.45, 2.75) is 0 Å². The highest BCUT2D eigenvalue weighted by molar-refractivity contribution is 6.42. The maximum Gasteiger partial charge on any atom is 0.257 e. The molecule has 3 rings (SSSR count). The molecule has 1 heterocycles. The fourth-order valence-corrected chi connectivity index (χ4v) is 2.48. The Hall–Kier alpha value is -2.17. The van der Waals surface area contributed by atoms with Gasteiger partial charge in [-0.25, -0.2) is 0 Å². The molecule has 3 aromatic rings. The highest BCUT2D eigenvalue weighted by Crippen LogP contribution is 2.27. The Bertz CT molecular complexity index is 858. The number of benzene rings is 2. The minimum Gasteiger partial charge on any atom is -0.497 e. The van der Waals surface area contributed by atoms with E-state index in [4.69, 9.17) is 27.9 Å². The Morgan fingerprint density at radius 1 is 1.14 bits per heavy atom. The van der Waals surface area contributed by atoms with Crippen molar-refractivity contribution in [3.8, 4) is 5.75 Å². The van der Waals surface area contributed by atoms with Crippen molar-refractivity contribution in [1.29, 1.82) is 0 Å². The average molecular weight is 335 g/mol. The molecule has 0 radical (unpaired) electrons. The number of hydrogen-bond acceptors (Lipinski definition) is 2. The number of nitrogens with one attached hydrogen (secondary N) is 2. The van der Waals surface area contributed by atoms with Gasteiger partial charge in [0.1, 0.15) is 5.75 Å². The van der Waals surface area contributed by atoms with Crippen LogP contribution in [0.25, 0.3) is 10.9 Å². The lowest BCUT2D eigenvalue weighted by Crippen LogP contribution is -2.11. The first kappa shape index (κ1) is 14.8. The number of H-pyrrole nitrogens is 1. The second-order valence-electron chi connectivity index (χ2n) is 4.70. The summed E-state index contributed by atoms with van der Waals surface area (Å²) >= 11 is 11.8. The summed E-state index contributed by atoms with van der Waals surface area (Å²) < 4.78 is 5.20. The van der Waals surface area contributed by atoms with Crippen LogP contribution in [0.2, 0.25) is 10.0 Å². The Kier molecular flexibility index (Phi) is 3.96. The number of fused-ring (bicyclic) bond motifs is 1. The molecule has 2 aromatic carbocycles. The lowest BCUT2D eigenvalue weighted by Gasteiger charge is -2.06. The zero-order valence-corrected chi connectivity index (χ0v) is 13.1. The van der Waals surface area contributed by atoms with Gasteiger partial charge in [-0.1, -0.05) is 23.2 Å². The highest BCUT2D eigenvalue weighted by atomic mass is 35.5. The van der Waals surface area contributed by atoms with Gasteiger partial charge >= 0.3 is 0 Å². The fraction of sp³-hybridized carbons (Fsp3) is 0.0625. The van der Waals surface area contributed by atoms with Crippen LogP contribution in [0, 0.1) is 0 Å². The van der Waals surface area contributed by atoms with E-state index < -0.39 is 0 Å². The van der Waals surface area contributed by atoms with Crippen LogP contribution in [0.4, 0.5) is 5.69 Å². The van der Waals surface area contributed by atoms with Crippen LogP contribution in [0.5, 0.6) is 5.75 Å². The van der Waals surface area contributed by atoms with Gasteiger partial charge in [-0.05, 0) is 36.4 Å². The Balaban J connectivity index is 1.93. The second kappa shape index (κ2) is 5.91. The van der Waals surface area contributed by atoms with Gasteiger partial charge in [-0.2, -0.15) is 0 Å². The number of amides is 1. The average Bonchev–Trinajstić information content (AvgIpc) is 2.94. The van der Waals surface area contributed by atoms with Gasteiger partial charge in [0.05, 0.1) is 22.7 Å². The zero-order valence-electron chi connectivity index (χ0n) is 11.6. The first-order chi connectivity index (χ1) is 10.6. The molecule has 0 unspecified atom stereocenters. The van der Waals surface area contributed by atoms with Crippen LogP contribution in [-0.2, 0) is 0 Å². The minimum atomic E-state index is -0.238. The van der Waals surface area contributed by atoms with Gasteiger partial charge in [0.15, 0.2) is 0 Å². The summed E-state index contributed by atoms with van der Waals surface area (Å²) in [7, 11) is 1.59. The molecule has 0 saturated carbocycles. The van der Waals surface area contributed by atoms with E-state index in [1.54, 1.807) is 31.5 Å². The molecule has 0 aliphatic rings. The molecule has 0 fully saturated rings. The number of methoxy groups -OCH3 is 1. The largest absolute Gasteiger partial charge is 0.497 e. The third-order valence-corrected chi connectivity index (χ3v) is 4.05. The van der Waals surface area contributed by atoms with Crippen molar-refractivity contribution in [1.82, 2.24) is 4.98 Å². The van der Waals surface area contributed by atoms with E-state index in [2.05, 4.69) is 10.3 Å². The fourth-order valence-electron chi connectivity index (χ4n) is 2.19. The molecular formula is C16H12Cl2N2O2. The summed E-state index contributed by atoms with van der Waals surface area (Å²) in [4.78, 5) is 15.5. The monoisotopic (exact) mass is 334 g/mol. The van der Waals surface area contributed by atoms with E-state index in [1.807, 2.05) is 18.2 Å². The van der Waals surface area contributed by atoms with Crippen LogP contribution in [-0.4, -0.2) is 18.0 Å². The molecular weight excluding hydrogens is 323 g/mol. The van der Waals surface area contributed by atoms with Crippen LogP contribution < -0.4 is 10.1 Å². The van der Waals surface area contributed by atoms with Crippen molar-refractivity contribution in [3.63, 3.8) is 0 Å². The highest BCUT2D eigenvalue weighted by Gasteiger charge is 2.13. The van der Waals surface area contributed by atoms with Crippen molar-refractivity contribution in [2.24, 2.45) is 0 Å². The Labute approximate surface area is 137 Å². The van der Waals surface area contributed by atoms with Gasteiger partial charge in [-0.15, -0.1) is 0 Å². The molecule has 0 aliphatic carbocycles. The van der Waals surface area contributed by atoms with Crippen molar-refractivity contribution >= 4 is 45.7 Å². The number of aromatic nitrogens is 1. The molecule has 112 valence electrons. The first-order valence-corrected chi connectivity index (χ1v) is 7.25. The summed E-state index contributed by atoms with van der Waals surface area (Å²) in [6.07, 6.45) is 1.66. The molecule has 2 N–H and O–H groups in total. The van der Waals surface area contributed by atoms with E-state index in [0.717, 1.165) is 10.9 Å². The zero-order chi connectivity index (χ0) is 15.7. The quantitative estimate of drug-likeness (QED) is 0.727. The van der Waals surface area contributed by atoms with Crippen molar-refractivity contribution in [3.05, 3.63) is 58.2 Å². The molecule has 4 nitrogen and oxygen atoms in total. The number of carbonyl (C=O) groups is 1. The molecule has 1 aromatic heterocycles. The smallest absolute Gasteiger partial charge is 0.257 e. The lowest BCUT2D eigenvalue weighted by atomic mass is 10.1. The van der Waals surface area contributed by atoms with Gasteiger partial charge in [0.25, 0.3) is 5.91 Å². The molecule has 0 spiro atoms. The summed E-state index contributed by atoms with van der Waals surface area (Å²) in [5, 5.41) is 4.42. The normalized spacial score (nSPS) is 10.7. The van der Waals surface area contributed by atoms with Crippen molar-refractivity contribution < 1.29 is 9.53 Å².